The van der Waals surface area contributed by atoms with Crippen LogP contribution < -0.4 is 5.32 Å². The molecule has 3 amide bonds. The Morgan fingerprint density at radius 2 is 1.85 bits per heavy atom. The Morgan fingerprint density at radius 1 is 1.09 bits per heavy atom. The van der Waals surface area contributed by atoms with Gasteiger partial charge in [0.1, 0.15) is 18.3 Å². The van der Waals surface area contributed by atoms with Gasteiger partial charge in [-0.15, -0.1) is 0 Å². The van der Waals surface area contributed by atoms with Crippen molar-refractivity contribution in [1.82, 2.24) is 20.0 Å². The number of aliphatic hydroxyl groups excluding tert-OH is 2. The second-order valence-electron chi connectivity index (χ2n) is 10.5. The molecule has 7 atom stereocenters. The summed E-state index contributed by atoms with van der Waals surface area (Å²) in [6.07, 6.45) is -1.63. The smallest absolute Gasteiger partial charge is 0.240 e. The minimum atomic E-state index is -1.22. The van der Waals surface area contributed by atoms with Crippen LogP contribution in [-0.4, -0.2) is 131 Å². The van der Waals surface area contributed by atoms with Gasteiger partial charge >= 0.3 is 0 Å². The number of amides is 3. The lowest BCUT2D eigenvalue weighted by molar-refractivity contribution is -0.146. The first-order valence-corrected chi connectivity index (χ1v) is 12.5. The number of nitrogens with one attached hydrogen (secondary N) is 1. The minimum Gasteiger partial charge on any atom is -0.388 e. The molecule has 0 unspecified atom stereocenters. The van der Waals surface area contributed by atoms with E-state index in [-0.39, 0.29) is 55.4 Å². The fraction of sp³-hybridized carbons (Fsp3) is 0.870. The Kier molecular flexibility index (Phi) is 6.82. The maximum atomic E-state index is 13.6. The van der Waals surface area contributed by atoms with E-state index < -0.39 is 24.4 Å². The zero-order valence-electron chi connectivity index (χ0n) is 19.7. The summed E-state index contributed by atoms with van der Waals surface area (Å²) in [5.41, 5.74) is 0. The number of likely N-dealkylation sites (tertiary alicyclic amines) is 1. The minimum absolute atomic E-state index is 0.0569. The lowest BCUT2D eigenvalue weighted by Crippen LogP contribution is -2.55. The molecule has 34 heavy (non-hydrogen) atoms. The van der Waals surface area contributed by atoms with E-state index in [9.17, 15) is 24.6 Å². The second-order valence-corrected chi connectivity index (χ2v) is 10.5. The highest BCUT2D eigenvalue weighted by molar-refractivity contribution is 5.83. The summed E-state index contributed by atoms with van der Waals surface area (Å²) in [5.74, 6) is 0.180. The highest BCUT2D eigenvalue weighted by Gasteiger charge is 2.46. The van der Waals surface area contributed by atoms with Crippen LogP contribution >= 0.6 is 0 Å². The first-order valence-electron chi connectivity index (χ1n) is 12.5. The molecule has 4 heterocycles. The van der Waals surface area contributed by atoms with Crippen LogP contribution in [0.1, 0.15) is 32.6 Å². The standard InChI is InChI=1S/C23H36N4O7/c1-13(28)26-11-16-10-25(4-5-33-16)23(32)17-6-15(9-27(17)8-14-2-3-14)24-20(29)7-18-21(30)22(31)19(12-26)34-18/h14-19,21-22,30-31H,2-12H2,1H3,(H,24,29)/t15-,16-,17-,18-,19+,21-,22+/m0/s1. The monoisotopic (exact) mass is 480 g/mol. The fourth-order valence-electron chi connectivity index (χ4n) is 5.75. The van der Waals surface area contributed by atoms with Crippen molar-refractivity contribution >= 4 is 17.7 Å². The lowest BCUT2D eigenvalue weighted by Gasteiger charge is -2.38. The fourth-order valence-corrected chi connectivity index (χ4v) is 5.75. The van der Waals surface area contributed by atoms with Crippen molar-refractivity contribution < 1.29 is 34.1 Å². The summed E-state index contributed by atoms with van der Waals surface area (Å²) in [4.78, 5) is 44.3. The zero-order chi connectivity index (χ0) is 24.0. The van der Waals surface area contributed by atoms with E-state index in [0.717, 1.165) is 6.54 Å². The molecule has 0 aromatic rings. The molecule has 11 heteroatoms. The molecule has 5 fully saturated rings. The average molecular weight is 481 g/mol. The molecule has 1 saturated carbocycles. The molecule has 190 valence electrons. The average Bonchev–Trinajstić information content (AvgIpc) is 3.48. The Bertz CT molecular complexity index is 808. The molecule has 1 aliphatic carbocycles. The summed E-state index contributed by atoms with van der Waals surface area (Å²) in [7, 11) is 0. The SMILES string of the molecule is CC(=O)N1C[C@@H]2CN(CCO2)C(=O)[C@@H]2C[C@@H](CN2CC2CC2)NC(=O)C[C@@H]2O[C@H](C1)[C@@H](O)[C@H]2O. The van der Waals surface area contributed by atoms with Crippen molar-refractivity contribution in [2.45, 2.75) is 75.2 Å². The van der Waals surface area contributed by atoms with Gasteiger partial charge in [-0.3, -0.25) is 19.3 Å². The van der Waals surface area contributed by atoms with Crippen molar-refractivity contribution in [2.75, 3.05) is 45.9 Å². The second kappa shape index (κ2) is 9.69. The van der Waals surface area contributed by atoms with E-state index >= 15 is 0 Å². The number of ether oxygens (including phenoxy) is 2. The summed E-state index contributed by atoms with van der Waals surface area (Å²) < 4.78 is 11.7. The molecule has 0 aromatic carbocycles. The van der Waals surface area contributed by atoms with Gasteiger partial charge < -0.3 is 34.8 Å². The molecule has 3 N–H and O–H groups in total. The van der Waals surface area contributed by atoms with Gasteiger partial charge in [0.05, 0.1) is 31.3 Å². The quantitative estimate of drug-likeness (QED) is 0.411. The van der Waals surface area contributed by atoms with Crippen molar-refractivity contribution in [2.24, 2.45) is 5.92 Å². The first-order chi connectivity index (χ1) is 16.3. The summed E-state index contributed by atoms with van der Waals surface area (Å²) in [5, 5.41) is 24.1. The Labute approximate surface area is 199 Å². The van der Waals surface area contributed by atoms with Gasteiger partial charge in [0, 0.05) is 52.2 Å². The molecule has 0 aromatic heterocycles. The van der Waals surface area contributed by atoms with Crippen LogP contribution in [0.4, 0.5) is 0 Å². The van der Waals surface area contributed by atoms with Crippen LogP contribution in [0.15, 0.2) is 0 Å². The molecule has 5 aliphatic rings. The van der Waals surface area contributed by atoms with E-state index in [1.807, 2.05) is 4.90 Å². The van der Waals surface area contributed by atoms with Crippen molar-refractivity contribution in [3.8, 4) is 0 Å². The third kappa shape index (κ3) is 5.08. The Balaban J connectivity index is 1.39. The number of morpholine rings is 1. The lowest BCUT2D eigenvalue weighted by atomic mass is 10.0. The number of aliphatic hydroxyl groups is 2. The Hall–Kier alpha value is -1.79. The third-order valence-electron chi connectivity index (χ3n) is 7.81. The van der Waals surface area contributed by atoms with Crippen molar-refractivity contribution in [1.29, 1.82) is 0 Å². The van der Waals surface area contributed by atoms with Crippen LogP contribution in [0.2, 0.25) is 0 Å². The van der Waals surface area contributed by atoms with E-state index in [2.05, 4.69) is 10.2 Å². The molecular formula is C23H36N4O7. The van der Waals surface area contributed by atoms with Crippen molar-refractivity contribution in [3.05, 3.63) is 0 Å². The van der Waals surface area contributed by atoms with Gasteiger partial charge in [0.2, 0.25) is 17.7 Å². The van der Waals surface area contributed by atoms with Crippen LogP contribution in [-0.2, 0) is 23.9 Å². The third-order valence-corrected chi connectivity index (χ3v) is 7.81. The Morgan fingerprint density at radius 3 is 2.59 bits per heavy atom. The van der Waals surface area contributed by atoms with E-state index in [4.69, 9.17) is 9.47 Å². The molecular weight excluding hydrogens is 444 g/mol. The molecule has 6 bridgehead atoms. The van der Waals surface area contributed by atoms with Crippen LogP contribution in [0.25, 0.3) is 0 Å². The van der Waals surface area contributed by atoms with Gasteiger partial charge in [-0.25, -0.2) is 0 Å². The van der Waals surface area contributed by atoms with Crippen LogP contribution in [0.3, 0.4) is 0 Å². The predicted molar refractivity (Wildman–Crippen MR) is 118 cm³/mol. The number of hydrogen-bond donors (Lipinski definition) is 3. The van der Waals surface area contributed by atoms with Crippen LogP contribution in [0, 0.1) is 5.92 Å². The number of carbonyl (C=O) groups excluding carboxylic acids is 3. The molecule has 4 aliphatic heterocycles. The maximum Gasteiger partial charge on any atom is 0.240 e. The number of carbonyl (C=O) groups is 3. The van der Waals surface area contributed by atoms with Gasteiger partial charge in [0.25, 0.3) is 0 Å². The maximum absolute atomic E-state index is 13.6. The van der Waals surface area contributed by atoms with Gasteiger partial charge in [-0.05, 0) is 25.2 Å². The molecule has 5 rings (SSSR count). The zero-order valence-corrected chi connectivity index (χ0v) is 19.7. The first kappa shape index (κ1) is 23.9. The largest absolute Gasteiger partial charge is 0.388 e. The summed E-state index contributed by atoms with van der Waals surface area (Å²) in [6, 6.07) is -0.446. The molecule has 11 nitrogen and oxygen atoms in total. The highest BCUT2D eigenvalue weighted by Crippen LogP contribution is 2.33. The number of rotatable bonds is 2. The number of hydrogen-bond acceptors (Lipinski definition) is 8. The van der Waals surface area contributed by atoms with E-state index in [1.54, 1.807) is 0 Å². The molecule has 0 radical (unpaired) electrons. The topological polar surface area (TPSA) is 132 Å². The number of nitrogens with zero attached hydrogens (tertiary/aromatic N) is 3. The molecule has 0 spiro atoms. The number of fused-ring (bicyclic) bond motifs is 6. The van der Waals surface area contributed by atoms with Gasteiger partial charge in [-0.2, -0.15) is 0 Å². The summed E-state index contributed by atoms with van der Waals surface area (Å²) >= 11 is 0. The molecule has 4 saturated heterocycles. The van der Waals surface area contributed by atoms with Crippen LogP contribution in [0.5, 0.6) is 0 Å². The van der Waals surface area contributed by atoms with Gasteiger partial charge in [-0.1, -0.05) is 0 Å². The normalized spacial score (nSPS) is 39.9. The predicted octanol–water partition coefficient (Wildman–Crippen LogP) is -2.08. The van der Waals surface area contributed by atoms with E-state index in [0.29, 0.717) is 38.6 Å². The summed E-state index contributed by atoms with van der Waals surface area (Å²) in [6.45, 7) is 4.50. The van der Waals surface area contributed by atoms with Gasteiger partial charge in [0.15, 0.2) is 0 Å². The van der Waals surface area contributed by atoms with E-state index in [1.165, 1.54) is 24.7 Å². The highest BCUT2D eigenvalue weighted by atomic mass is 16.5. The van der Waals surface area contributed by atoms with Crippen molar-refractivity contribution in [3.63, 3.8) is 0 Å².